The molecular formula is C44H28O. The van der Waals surface area contributed by atoms with Gasteiger partial charge in [-0.1, -0.05) is 146 Å². The van der Waals surface area contributed by atoms with Gasteiger partial charge in [0.15, 0.2) is 0 Å². The van der Waals surface area contributed by atoms with Crippen molar-refractivity contribution < 1.29 is 4.42 Å². The topological polar surface area (TPSA) is 13.1 Å². The van der Waals surface area contributed by atoms with Crippen LogP contribution in [0.1, 0.15) is 0 Å². The number of benzene rings is 8. The molecule has 210 valence electrons. The summed E-state index contributed by atoms with van der Waals surface area (Å²) in [6.45, 7) is 0. The fourth-order valence-electron chi connectivity index (χ4n) is 7.06. The normalized spacial score (nSPS) is 11.6. The summed E-state index contributed by atoms with van der Waals surface area (Å²) in [4.78, 5) is 0. The largest absolute Gasteiger partial charge is 0.456 e. The summed E-state index contributed by atoms with van der Waals surface area (Å²) < 4.78 is 6.61. The van der Waals surface area contributed by atoms with E-state index in [4.69, 9.17) is 4.42 Å². The number of fused-ring (bicyclic) bond motifs is 5. The Balaban J connectivity index is 1.28. The van der Waals surface area contributed by atoms with E-state index in [1.807, 2.05) is 0 Å². The van der Waals surface area contributed by atoms with Gasteiger partial charge < -0.3 is 4.42 Å². The lowest BCUT2D eigenvalue weighted by molar-refractivity contribution is 0.669. The highest BCUT2D eigenvalue weighted by atomic mass is 16.3. The third kappa shape index (κ3) is 4.17. The van der Waals surface area contributed by atoms with Gasteiger partial charge in [-0.3, -0.25) is 0 Å². The van der Waals surface area contributed by atoms with Gasteiger partial charge in [-0.05, 0) is 90.3 Å². The Morgan fingerprint density at radius 3 is 1.47 bits per heavy atom. The Morgan fingerprint density at radius 2 is 0.800 bits per heavy atom. The SMILES string of the molecule is c1ccc(-c2cccc(-c3ccc4c(c3)oc3cccc(-c5c6ccccc6c(-c6ccccc6)c6ccccc56)c34)c2)cc1. The number of rotatable bonds is 4. The summed E-state index contributed by atoms with van der Waals surface area (Å²) in [5, 5.41) is 7.27. The van der Waals surface area contributed by atoms with E-state index in [1.54, 1.807) is 0 Å². The zero-order valence-corrected chi connectivity index (χ0v) is 24.6. The van der Waals surface area contributed by atoms with Gasteiger partial charge in [0.1, 0.15) is 11.2 Å². The van der Waals surface area contributed by atoms with E-state index >= 15 is 0 Å². The van der Waals surface area contributed by atoms with Crippen LogP contribution in [0.15, 0.2) is 174 Å². The lowest BCUT2D eigenvalue weighted by atomic mass is 9.85. The molecule has 9 aromatic rings. The second-order valence-electron chi connectivity index (χ2n) is 11.6. The molecule has 0 aliphatic rings. The zero-order chi connectivity index (χ0) is 29.7. The van der Waals surface area contributed by atoms with E-state index in [0.717, 1.165) is 27.5 Å². The lowest BCUT2D eigenvalue weighted by Crippen LogP contribution is -1.91. The quantitative estimate of drug-likeness (QED) is 0.191. The van der Waals surface area contributed by atoms with E-state index in [2.05, 4.69) is 170 Å². The van der Waals surface area contributed by atoms with Gasteiger partial charge in [0, 0.05) is 10.8 Å². The molecule has 45 heavy (non-hydrogen) atoms. The molecular weight excluding hydrogens is 544 g/mol. The van der Waals surface area contributed by atoms with Crippen LogP contribution < -0.4 is 0 Å². The van der Waals surface area contributed by atoms with Crippen LogP contribution in [-0.4, -0.2) is 0 Å². The van der Waals surface area contributed by atoms with Crippen LogP contribution >= 0.6 is 0 Å². The predicted molar refractivity (Wildman–Crippen MR) is 190 cm³/mol. The molecule has 0 spiro atoms. The van der Waals surface area contributed by atoms with E-state index in [0.29, 0.717) is 0 Å². The zero-order valence-electron chi connectivity index (χ0n) is 24.6. The van der Waals surface area contributed by atoms with Crippen molar-refractivity contribution in [3.63, 3.8) is 0 Å². The minimum Gasteiger partial charge on any atom is -0.456 e. The third-order valence-electron chi connectivity index (χ3n) is 9.06. The first-order valence-corrected chi connectivity index (χ1v) is 15.4. The van der Waals surface area contributed by atoms with Crippen molar-refractivity contribution in [1.82, 2.24) is 0 Å². The van der Waals surface area contributed by atoms with Crippen molar-refractivity contribution in [2.45, 2.75) is 0 Å². The summed E-state index contributed by atoms with van der Waals surface area (Å²) in [6.07, 6.45) is 0. The molecule has 0 bridgehead atoms. The minimum absolute atomic E-state index is 0.898. The molecule has 1 nitrogen and oxygen atoms in total. The molecule has 0 unspecified atom stereocenters. The lowest BCUT2D eigenvalue weighted by Gasteiger charge is -2.18. The van der Waals surface area contributed by atoms with Gasteiger partial charge in [0.2, 0.25) is 0 Å². The average molecular weight is 573 g/mol. The van der Waals surface area contributed by atoms with Gasteiger partial charge in [-0.2, -0.15) is 0 Å². The first-order chi connectivity index (χ1) is 22.3. The highest BCUT2D eigenvalue weighted by molar-refractivity contribution is 6.25. The molecule has 0 N–H and O–H groups in total. The van der Waals surface area contributed by atoms with Crippen LogP contribution in [0.3, 0.4) is 0 Å². The van der Waals surface area contributed by atoms with Gasteiger partial charge in [0.05, 0.1) is 0 Å². The Kier molecular flexibility index (Phi) is 5.89. The van der Waals surface area contributed by atoms with Crippen LogP contribution in [0.5, 0.6) is 0 Å². The molecule has 0 saturated carbocycles. The van der Waals surface area contributed by atoms with Crippen molar-refractivity contribution in [1.29, 1.82) is 0 Å². The van der Waals surface area contributed by atoms with Crippen molar-refractivity contribution in [3.8, 4) is 44.5 Å². The van der Waals surface area contributed by atoms with E-state index in [9.17, 15) is 0 Å². The maximum atomic E-state index is 6.61. The molecule has 1 aromatic heterocycles. The molecule has 0 atom stereocenters. The molecule has 0 aliphatic carbocycles. The molecule has 8 aromatic carbocycles. The fourth-order valence-corrected chi connectivity index (χ4v) is 7.06. The van der Waals surface area contributed by atoms with Crippen LogP contribution in [-0.2, 0) is 0 Å². The Labute approximate surface area is 261 Å². The highest BCUT2D eigenvalue weighted by Crippen LogP contribution is 2.47. The Bertz CT molecular complexity index is 2460. The fraction of sp³-hybridized carbons (Fsp3) is 0. The molecule has 9 rings (SSSR count). The van der Waals surface area contributed by atoms with Gasteiger partial charge in [0.25, 0.3) is 0 Å². The molecule has 0 saturated heterocycles. The van der Waals surface area contributed by atoms with E-state index < -0.39 is 0 Å². The molecule has 1 heterocycles. The summed E-state index contributed by atoms with van der Waals surface area (Å²) in [7, 11) is 0. The standard InChI is InChI=1S/C44H28O/c1-3-13-29(14-4-1)31-17-11-18-32(27-31)33-25-26-38-41(28-33)45-40-24-12-23-39(44(38)40)43-36-21-9-7-19-34(36)42(30-15-5-2-6-16-30)35-20-8-10-22-37(35)43/h1-28H. The monoisotopic (exact) mass is 572 g/mol. The summed E-state index contributed by atoms with van der Waals surface area (Å²) >= 11 is 0. The van der Waals surface area contributed by atoms with Gasteiger partial charge in [-0.15, -0.1) is 0 Å². The predicted octanol–water partition coefficient (Wildman–Crippen LogP) is 12.6. The van der Waals surface area contributed by atoms with Gasteiger partial charge >= 0.3 is 0 Å². The molecule has 0 aliphatic heterocycles. The molecule has 0 amide bonds. The second-order valence-corrected chi connectivity index (χ2v) is 11.6. The van der Waals surface area contributed by atoms with Crippen molar-refractivity contribution in [2.75, 3.05) is 0 Å². The molecule has 0 radical (unpaired) electrons. The summed E-state index contributed by atoms with van der Waals surface area (Å²) in [6, 6.07) is 60.8. The molecule has 1 heteroatoms. The van der Waals surface area contributed by atoms with Crippen LogP contribution in [0.2, 0.25) is 0 Å². The Morgan fingerprint density at radius 1 is 0.289 bits per heavy atom. The summed E-state index contributed by atoms with van der Waals surface area (Å²) in [5.74, 6) is 0. The molecule has 0 fully saturated rings. The number of hydrogen-bond donors (Lipinski definition) is 0. The first-order valence-electron chi connectivity index (χ1n) is 15.4. The number of hydrogen-bond acceptors (Lipinski definition) is 1. The smallest absolute Gasteiger partial charge is 0.136 e. The highest BCUT2D eigenvalue weighted by Gasteiger charge is 2.20. The summed E-state index contributed by atoms with van der Waals surface area (Å²) in [5.41, 5.74) is 11.5. The van der Waals surface area contributed by atoms with Crippen molar-refractivity contribution >= 4 is 43.5 Å². The maximum absolute atomic E-state index is 6.61. The van der Waals surface area contributed by atoms with Crippen molar-refractivity contribution in [3.05, 3.63) is 170 Å². The van der Waals surface area contributed by atoms with Gasteiger partial charge in [-0.25, -0.2) is 0 Å². The average Bonchev–Trinajstić information content (AvgIpc) is 3.50. The third-order valence-corrected chi connectivity index (χ3v) is 9.06. The second kappa shape index (κ2) is 10.4. The van der Waals surface area contributed by atoms with E-state index in [1.165, 1.54) is 60.5 Å². The minimum atomic E-state index is 0.898. The van der Waals surface area contributed by atoms with E-state index in [-0.39, 0.29) is 0 Å². The Hall–Kier alpha value is -5.92. The van der Waals surface area contributed by atoms with Crippen molar-refractivity contribution in [2.24, 2.45) is 0 Å². The first kappa shape index (κ1) is 25.6. The maximum Gasteiger partial charge on any atom is 0.136 e. The number of furan rings is 1. The van der Waals surface area contributed by atoms with Crippen LogP contribution in [0, 0.1) is 0 Å². The van der Waals surface area contributed by atoms with Crippen LogP contribution in [0.25, 0.3) is 88.0 Å². The van der Waals surface area contributed by atoms with Crippen LogP contribution in [0.4, 0.5) is 0 Å².